The van der Waals surface area contributed by atoms with Crippen LogP contribution in [0.3, 0.4) is 0 Å². The van der Waals surface area contributed by atoms with Crippen molar-refractivity contribution in [1.29, 1.82) is 0 Å². The third-order valence-corrected chi connectivity index (χ3v) is 1.57. The van der Waals surface area contributed by atoms with Crippen molar-refractivity contribution in [2.24, 2.45) is 0 Å². The second kappa shape index (κ2) is 11.9. The third kappa shape index (κ3) is 10.5. The Kier molecular flexibility index (Phi) is 14.4. The van der Waals surface area contributed by atoms with E-state index in [0.717, 1.165) is 30.7 Å². The van der Waals surface area contributed by atoms with Crippen LogP contribution in [0.1, 0.15) is 20.7 Å². The molecule has 0 atom stereocenters. The number of carboxylic acids is 2. The van der Waals surface area contributed by atoms with E-state index >= 15 is 0 Å². The Bertz CT molecular complexity index is 371. The first-order chi connectivity index (χ1) is 7.88. The van der Waals surface area contributed by atoms with Gasteiger partial charge in [0.25, 0.3) is 0 Å². The van der Waals surface area contributed by atoms with Crippen molar-refractivity contribution in [1.82, 2.24) is 4.90 Å². The van der Waals surface area contributed by atoms with Crippen LogP contribution in [-0.4, -0.2) is 80.6 Å². The predicted octanol–water partition coefficient (Wildman–Crippen LogP) is -3.09. The quantitative estimate of drug-likeness (QED) is 0.430. The molecule has 0 radical (unpaired) electrons. The predicted molar refractivity (Wildman–Crippen MR) is 64.2 cm³/mol. The number of benzene rings is 1. The summed E-state index contributed by atoms with van der Waals surface area (Å²) in [4.78, 5) is 31.3. The average molecular weight is 295 g/mol. The molecule has 1 aromatic carbocycles. The zero-order valence-corrected chi connectivity index (χ0v) is 12.8. The fourth-order valence-corrected chi connectivity index (χ4v) is 0.742. The topological polar surface area (TPSA) is 132 Å². The number of aromatic carboxylic acids is 2. The maximum absolute atomic E-state index is 10.2. The molecule has 7 nitrogen and oxygen atoms in total. The van der Waals surface area contributed by atoms with Crippen molar-refractivity contribution in [3.05, 3.63) is 35.4 Å². The number of carbonyl (C=O) groups is 3. The van der Waals surface area contributed by atoms with Crippen LogP contribution >= 0.6 is 0 Å². The van der Waals surface area contributed by atoms with E-state index in [-0.39, 0.29) is 54.3 Å². The maximum Gasteiger partial charge on any atom is 2.00 e. The molecule has 0 unspecified atom stereocenters. The third-order valence-electron chi connectivity index (χ3n) is 1.57. The van der Waals surface area contributed by atoms with Crippen molar-refractivity contribution < 1.29 is 30.1 Å². The molecule has 1 rings (SSSR count). The molecule has 0 aliphatic rings. The number of hydrogen-bond acceptors (Lipinski definition) is 5. The molecule has 100 valence electrons. The molecule has 0 saturated heterocycles. The number of carboxylic acid groups (broad SMARTS) is 2. The molecule has 8 heteroatoms. The Morgan fingerprint density at radius 3 is 1.32 bits per heavy atom. The van der Waals surface area contributed by atoms with Crippen LogP contribution in [0.5, 0.6) is 0 Å². The van der Waals surface area contributed by atoms with E-state index in [2.05, 4.69) is 0 Å². The fourth-order valence-electron chi connectivity index (χ4n) is 0.742. The SMILES string of the molecule is CN(C)C=O.O.O=C([O-])c1ccc(C(=O)[O-])cc1.[Ca+2]. The van der Waals surface area contributed by atoms with Gasteiger partial charge < -0.3 is 30.2 Å². The fraction of sp³-hybridized carbons (Fsp3) is 0.182. The van der Waals surface area contributed by atoms with Crippen LogP contribution in [0.15, 0.2) is 24.3 Å². The summed E-state index contributed by atoms with van der Waals surface area (Å²) in [7, 11) is 3.38. The number of amides is 1. The smallest absolute Gasteiger partial charge is 0.545 e. The molecule has 0 aliphatic heterocycles. The van der Waals surface area contributed by atoms with Crippen molar-refractivity contribution in [3.63, 3.8) is 0 Å². The second-order valence-corrected chi connectivity index (χ2v) is 3.22. The molecular weight excluding hydrogens is 282 g/mol. The van der Waals surface area contributed by atoms with Gasteiger partial charge in [-0.2, -0.15) is 0 Å². The minimum absolute atomic E-state index is 0. The Balaban J connectivity index is -0.000000320. The van der Waals surface area contributed by atoms with Crippen LogP contribution in [0.2, 0.25) is 0 Å². The number of rotatable bonds is 3. The van der Waals surface area contributed by atoms with Gasteiger partial charge in [-0.25, -0.2) is 0 Å². The summed E-state index contributed by atoms with van der Waals surface area (Å²) in [6, 6.07) is 4.61. The molecule has 0 bridgehead atoms. The Hall–Kier alpha value is -1.15. The van der Waals surface area contributed by atoms with Crippen molar-refractivity contribution in [3.8, 4) is 0 Å². The molecule has 1 amide bonds. The van der Waals surface area contributed by atoms with E-state index in [4.69, 9.17) is 0 Å². The van der Waals surface area contributed by atoms with E-state index in [1.807, 2.05) is 0 Å². The number of hydrogen-bond donors (Lipinski definition) is 0. The standard InChI is InChI=1S/C8H6O4.C3H7NO.Ca.H2O/c9-7(10)5-1-2-6(4-3-5)8(11)12;1-4(2)3-5;;/h1-4H,(H,9,10)(H,11,12);3H,1-2H3;;1H2/q;;+2;/p-2. The molecule has 0 saturated carbocycles. The van der Waals surface area contributed by atoms with Gasteiger partial charge in [0.1, 0.15) is 0 Å². The average Bonchev–Trinajstić information content (AvgIpc) is 2.29. The minimum Gasteiger partial charge on any atom is -0.545 e. The van der Waals surface area contributed by atoms with Crippen molar-refractivity contribution >= 4 is 56.1 Å². The first kappa shape index (κ1) is 23.0. The minimum atomic E-state index is -1.33. The second-order valence-electron chi connectivity index (χ2n) is 3.22. The van der Waals surface area contributed by atoms with Gasteiger partial charge in [0.05, 0.1) is 11.9 Å². The molecule has 0 aromatic heterocycles. The van der Waals surface area contributed by atoms with E-state index in [1.165, 1.54) is 4.90 Å². The van der Waals surface area contributed by atoms with Crippen LogP contribution < -0.4 is 10.2 Å². The van der Waals surface area contributed by atoms with Crippen molar-refractivity contribution in [2.45, 2.75) is 0 Å². The summed E-state index contributed by atoms with van der Waals surface area (Å²) in [6.45, 7) is 0. The van der Waals surface area contributed by atoms with Gasteiger partial charge in [-0.05, 0) is 11.1 Å². The summed E-state index contributed by atoms with van der Waals surface area (Å²) < 4.78 is 0. The van der Waals surface area contributed by atoms with Gasteiger partial charge in [0.15, 0.2) is 0 Å². The van der Waals surface area contributed by atoms with Gasteiger partial charge in [-0.15, -0.1) is 0 Å². The zero-order chi connectivity index (χ0) is 13.4. The summed E-state index contributed by atoms with van der Waals surface area (Å²) in [5.41, 5.74) is -0.111. The summed E-state index contributed by atoms with van der Waals surface area (Å²) in [5, 5.41) is 20.4. The van der Waals surface area contributed by atoms with Gasteiger partial charge in [0.2, 0.25) is 6.41 Å². The molecule has 0 heterocycles. The first-order valence-corrected chi connectivity index (χ1v) is 4.53. The van der Waals surface area contributed by atoms with Crippen LogP contribution in [0.4, 0.5) is 0 Å². The van der Waals surface area contributed by atoms with E-state index < -0.39 is 11.9 Å². The van der Waals surface area contributed by atoms with Gasteiger partial charge in [-0.3, -0.25) is 4.79 Å². The van der Waals surface area contributed by atoms with E-state index in [0.29, 0.717) is 0 Å². The zero-order valence-electron chi connectivity index (χ0n) is 10.6. The van der Waals surface area contributed by atoms with Crippen LogP contribution in [0, 0.1) is 0 Å². The Morgan fingerprint density at radius 1 is 1.00 bits per heavy atom. The van der Waals surface area contributed by atoms with Crippen molar-refractivity contribution in [2.75, 3.05) is 14.1 Å². The molecule has 0 fully saturated rings. The van der Waals surface area contributed by atoms with E-state index in [1.54, 1.807) is 14.1 Å². The molecule has 19 heavy (non-hydrogen) atoms. The monoisotopic (exact) mass is 295 g/mol. The molecule has 0 spiro atoms. The molecular formula is C11H13CaNO6. The van der Waals surface area contributed by atoms with Gasteiger partial charge >= 0.3 is 37.7 Å². The Morgan fingerprint density at radius 2 is 1.21 bits per heavy atom. The van der Waals surface area contributed by atoms with Crippen LogP contribution in [0.25, 0.3) is 0 Å². The van der Waals surface area contributed by atoms with Crippen LogP contribution in [-0.2, 0) is 4.79 Å². The number of nitrogens with zero attached hydrogens (tertiary/aromatic N) is 1. The van der Waals surface area contributed by atoms with Gasteiger partial charge in [0, 0.05) is 14.1 Å². The molecule has 2 N–H and O–H groups in total. The summed E-state index contributed by atoms with van der Waals surface area (Å²) >= 11 is 0. The number of carbonyl (C=O) groups excluding carboxylic acids is 3. The largest absolute Gasteiger partial charge is 2.00 e. The summed E-state index contributed by atoms with van der Waals surface area (Å²) in [6.07, 6.45) is 0.750. The Labute approximate surface area is 140 Å². The molecule has 0 aliphatic carbocycles. The normalized spacial score (nSPS) is 7.68. The summed E-state index contributed by atoms with van der Waals surface area (Å²) in [5.74, 6) is -2.67. The van der Waals surface area contributed by atoms with E-state index in [9.17, 15) is 24.6 Å². The van der Waals surface area contributed by atoms with Gasteiger partial charge in [-0.1, -0.05) is 24.3 Å². The maximum atomic E-state index is 10.2. The first-order valence-electron chi connectivity index (χ1n) is 4.53. The molecule has 1 aromatic rings.